The van der Waals surface area contributed by atoms with Gasteiger partial charge in [-0.2, -0.15) is 5.10 Å². The molecule has 0 bridgehead atoms. The van der Waals surface area contributed by atoms with Crippen molar-refractivity contribution in [1.29, 1.82) is 0 Å². The molecular formula is C27H26FN3. The normalized spacial score (nSPS) is 11.2. The smallest absolute Gasteiger partial charge is 0.134 e. The van der Waals surface area contributed by atoms with Crippen molar-refractivity contribution in [3.05, 3.63) is 102 Å². The number of halogens is 1. The van der Waals surface area contributed by atoms with Gasteiger partial charge in [-0.15, -0.1) is 0 Å². The van der Waals surface area contributed by atoms with Gasteiger partial charge < -0.3 is 4.90 Å². The Balaban J connectivity index is 1.70. The average Bonchev–Trinajstić information content (AvgIpc) is 2.82. The molecule has 0 aliphatic heterocycles. The van der Waals surface area contributed by atoms with Crippen LogP contribution in [-0.4, -0.2) is 19.3 Å². The Hall–Kier alpha value is -3.66. The SMILES string of the molecule is CCN(CC)c1ccc(C=NN(c2ccccc2)c2ccc3ccccc3c2)c(F)c1. The van der Waals surface area contributed by atoms with Gasteiger partial charge in [-0.1, -0.05) is 48.5 Å². The van der Waals surface area contributed by atoms with Crippen LogP contribution in [0, 0.1) is 5.82 Å². The number of nitrogens with zero attached hydrogens (tertiary/aromatic N) is 3. The van der Waals surface area contributed by atoms with Gasteiger partial charge in [-0.25, -0.2) is 9.40 Å². The molecule has 0 spiro atoms. The second-order valence-electron chi connectivity index (χ2n) is 7.30. The molecule has 156 valence electrons. The fraction of sp³-hybridized carbons (Fsp3) is 0.148. The average molecular weight is 412 g/mol. The summed E-state index contributed by atoms with van der Waals surface area (Å²) in [6, 6.07) is 29.6. The first-order chi connectivity index (χ1) is 15.2. The van der Waals surface area contributed by atoms with Crippen molar-refractivity contribution in [2.45, 2.75) is 13.8 Å². The van der Waals surface area contributed by atoms with Gasteiger partial charge in [0.15, 0.2) is 0 Å². The van der Waals surface area contributed by atoms with E-state index in [2.05, 4.69) is 48.1 Å². The maximum Gasteiger partial charge on any atom is 0.134 e. The number of anilines is 3. The van der Waals surface area contributed by atoms with Gasteiger partial charge in [0, 0.05) is 24.3 Å². The highest BCUT2D eigenvalue weighted by atomic mass is 19.1. The molecule has 0 atom stereocenters. The summed E-state index contributed by atoms with van der Waals surface area (Å²) in [5.74, 6) is -0.278. The van der Waals surface area contributed by atoms with E-state index in [0.717, 1.165) is 35.5 Å². The summed E-state index contributed by atoms with van der Waals surface area (Å²) in [7, 11) is 0. The van der Waals surface area contributed by atoms with Crippen LogP contribution in [0.2, 0.25) is 0 Å². The van der Waals surface area contributed by atoms with E-state index in [1.165, 1.54) is 5.39 Å². The highest BCUT2D eigenvalue weighted by molar-refractivity contribution is 5.88. The molecule has 4 heteroatoms. The van der Waals surface area contributed by atoms with Crippen LogP contribution in [-0.2, 0) is 0 Å². The number of hydrogen-bond acceptors (Lipinski definition) is 3. The Labute approximate surface area is 183 Å². The fourth-order valence-electron chi connectivity index (χ4n) is 3.69. The maximum atomic E-state index is 14.8. The Kier molecular flexibility index (Phi) is 6.27. The van der Waals surface area contributed by atoms with Crippen LogP contribution in [0.3, 0.4) is 0 Å². The van der Waals surface area contributed by atoms with E-state index < -0.39 is 0 Å². The second kappa shape index (κ2) is 9.43. The first kappa shape index (κ1) is 20.6. The van der Waals surface area contributed by atoms with Gasteiger partial charge in [0.25, 0.3) is 0 Å². The van der Waals surface area contributed by atoms with Gasteiger partial charge in [-0.05, 0) is 67.1 Å². The lowest BCUT2D eigenvalue weighted by atomic mass is 10.1. The van der Waals surface area contributed by atoms with E-state index in [9.17, 15) is 4.39 Å². The molecule has 31 heavy (non-hydrogen) atoms. The Morgan fingerprint density at radius 3 is 2.10 bits per heavy atom. The summed E-state index contributed by atoms with van der Waals surface area (Å²) in [6.07, 6.45) is 1.59. The molecule has 0 amide bonds. The van der Waals surface area contributed by atoms with Crippen molar-refractivity contribution in [3.63, 3.8) is 0 Å². The molecule has 3 nitrogen and oxygen atoms in total. The predicted octanol–water partition coefficient (Wildman–Crippen LogP) is 7.00. The molecule has 0 radical (unpaired) electrons. The summed E-state index contributed by atoms with van der Waals surface area (Å²) < 4.78 is 14.8. The number of rotatable bonds is 7. The lowest BCUT2D eigenvalue weighted by Gasteiger charge is -2.21. The molecule has 0 aliphatic carbocycles. The lowest BCUT2D eigenvalue weighted by molar-refractivity contribution is 0.625. The van der Waals surface area contributed by atoms with Crippen molar-refractivity contribution >= 4 is 34.0 Å². The molecule has 0 aliphatic rings. The Morgan fingerprint density at radius 1 is 0.710 bits per heavy atom. The monoisotopic (exact) mass is 411 g/mol. The number of benzene rings is 4. The van der Waals surface area contributed by atoms with Gasteiger partial charge in [0.2, 0.25) is 0 Å². The standard InChI is InChI=1S/C27H26FN3/c1-3-30(4-2)25-16-15-23(27(28)19-25)20-29-31(24-12-6-5-7-13-24)26-17-14-21-10-8-9-11-22(21)18-26/h5-20H,3-4H2,1-2H3. The minimum absolute atomic E-state index is 0.278. The van der Waals surface area contributed by atoms with Crippen molar-refractivity contribution in [2.24, 2.45) is 5.10 Å². The maximum absolute atomic E-state index is 14.8. The largest absolute Gasteiger partial charge is 0.372 e. The van der Waals surface area contributed by atoms with Gasteiger partial charge >= 0.3 is 0 Å². The second-order valence-corrected chi connectivity index (χ2v) is 7.30. The van der Waals surface area contributed by atoms with Crippen molar-refractivity contribution in [3.8, 4) is 0 Å². The van der Waals surface area contributed by atoms with E-state index in [1.807, 2.05) is 59.6 Å². The quantitative estimate of drug-likeness (QED) is 0.241. The van der Waals surface area contributed by atoms with Gasteiger partial charge in [0.05, 0.1) is 17.6 Å². The zero-order chi connectivity index (χ0) is 21.6. The third-order valence-electron chi connectivity index (χ3n) is 5.40. The lowest BCUT2D eigenvalue weighted by Crippen LogP contribution is -2.21. The van der Waals surface area contributed by atoms with Crippen molar-refractivity contribution < 1.29 is 4.39 Å². The number of fused-ring (bicyclic) bond motifs is 1. The predicted molar refractivity (Wildman–Crippen MR) is 130 cm³/mol. The molecular weight excluding hydrogens is 385 g/mol. The van der Waals surface area contributed by atoms with Crippen LogP contribution in [0.5, 0.6) is 0 Å². The summed E-state index contributed by atoms with van der Waals surface area (Å²) >= 11 is 0. The molecule has 0 saturated carbocycles. The highest BCUT2D eigenvalue weighted by Crippen LogP contribution is 2.29. The van der Waals surface area contributed by atoms with Crippen LogP contribution in [0.1, 0.15) is 19.4 Å². The van der Waals surface area contributed by atoms with E-state index >= 15 is 0 Å². The van der Waals surface area contributed by atoms with Crippen LogP contribution < -0.4 is 9.91 Å². The summed E-state index contributed by atoms with van der Waals surface area (Å²) in [5, 5.41) is 8.81. The van der Waals surface area contributed by atoms with Crippen LogP contribution in [0.4, 0.5) is 21.5 Å². The number of hydrogen-bond donors (Lipinski definition) is 0. The third-order valence-corrected chi connectivity index (χ3v) is 5.40. The first-order valence-electron chi connectivity index (χ1n) is 10.6. The molecule has 0 unspecified atom stereocenters. The van der Waals surface area contributed by atoms with Gasteiger partial charge in [0.1, 0.15) is 5.82 Å². The zero-order valence-electron chi connectivity index (χ0n) is 17.9. The topological polar surface area (TPSA) is 18.8 Å². The van der Waals surface area contributed by atoms with Crippen molar-refractivity contribution in [2.75, 3.05) is 23.0 Å². The zero-order valence-corrected chi connectivity index (χ0v) is 17.9. The minimum Gasteiger partial charge on any atom is -0.372 e. The molecule has 0 saturated heterocycles. The molecule has 0 N–H and O–H groups in total. The molecule has 0 heterocycles. The molecule has 4 rings (SSSR count). The fourth-order valence-corrected chi connectivity index (χ4v) is 3.69. The first-order valence-corrected chi connectivity index (χ1v) is 10.6. The minimum atomic E-state index is -0.278. The Bertz CT molecular complexity index is 1180. The van der Waals surface area contributed by atoms with E-state index in [1.54, 1.807) is 18.3 Å². The molecule has 4 aromatic rings. The van der Waals surface area contributed by atoms with Crippen LogP contribution in [0.25, 0.3) is 10.8 Å². The van der Waals surface area contributed by atoms with E-state index in [4.69, 9.17) is 0 Å². The van der Waals surface area contributed by atoms with Crippen LogP contribution in [0.15, 0.2) is 96.1 Å². The highest BCUT2D eigenvalue weighted by Gasteiger charge is 2.10. The number of hydrazone groups is 1. The summed E-state index contributed by atoms with van der Waals surface area (Å²) in [5.41, 5.74) is 3.17. The summed E-state index contributed by atoms with van der Waals surface area (Å²) in [6.45, 7) is 5.82. The summed E-state index contributed by atoms with van der Waals surface area (Å²) in [4.78, 5) is 2.12. The van der Waals surface area contributed by atoms with Crippen LogP contribution >= 0.6 is 0 Å². The third kappa shape index (κ3) is 4.58. The van der Waals surface area contributed by atoms with Crippen molar-refractivity contribution in [1.82, 2.24) is 0 Å². The molecule has 0 fully saturated rings. The Morgan fingerprint density at radius 2 is 1.39 bits per heavy atom. The van der Waals surface area contributed by atoms with Gasteiger partial charge in [-0.3, -0.25) is 0 Å². The molecule has 0 aromatic heterocycles. The van der Waals surface area contributed by atoms with E-state index in [0.29, 0.717) is 5.56 Å². The molecule has 4 aromatic carbocycles. The van der Waals surface area contributed by atoms with E-state index in [-0.39, 0.29) is 5.82 Å². The number of para-hydroxylation sites is 1.